The predicted octanol–water partition coefficient (Wildman–Crippen LogP) is -11.9. The van der Waals surface area contributed by atoms with Crippen molar-refractivity contribution >= 4 is 118 Å². The number of allylic oxidation sites excluding steroid dienone is 5. The summed E-state index contributed by atoms with van der Waals surface area (Å²) in [5.41, 5.74) is 6.05. The van der Waals surface area contributed by atoms with E-state index in [0.29, 0.717) is 0 Å². The largest absolute Gasteiger partial charge is 1.00 e. The molecular formula is C58H26K10N10S10. The number of benzene rings is 5. The van der Waals surface area contributed by atoms with E-state index in [1.54, 1.807) is 12.1 Å². The number of rotatable bonds is 0. The van der Waals surface area contributed by atoms with Gasteiger partial charge < -0.3 is 60.7 Å². The van der Waals surface area contributed by atoms with Crippen LogP contribution in [0.25, 0.3) is 24.2 Å². The van der Waals surface area contributed by atoms with Crippen LogP contribution >= 0.6 is 118 Å². The number of nitrogens with zero attached hydrogens (tertiary/aromatic N) is 10. The zero-order valence-electron chi connectivity index (χ0n) is 51.4. The second kappa shape index (κ2) is 55.9. The van der Waals surface area contributed by atoms with Gasteiger partial charge >= 0.3 is 514 Å². The Bertz CT molecular complexity index is 3730. The van der Waals surface area contributed by atoms with Gasteiger partial charge in [0, 0.05) is 21.2 Å². The monoisotopic (exact) mass is 1570 g/mol. The number of thioether (sulfide) groups is 10. The second-order valence-electron chi connectivity index (χ2n) is 16.0. The minimum absolute atomic E-state index is 0. The molecule has 0 bridgehead atoms. The van der Waals surface area contributed by atoms with Crippen molar-refractivity contribution in [1.82, 2.24) is 0 Å². The molecule has 5 heterocycles. The normalized spacial score (nSPS) is 13.4. The van der Waals surface area contributed by atoms with Crippen LogP contribution in [0.15, 0.2) is 129 Å². The van der Waals surface area contributed by atoms with Crippen molar-refractivity contribution in [3.63, 3.8) is 0 Å². The quantitative estimate of drug-likeness (QED) is 0.0824. The van der Waals surface area contributed by atoms with Crippen LogP contribution in [-0.4, -0.2) is 0 Å². The standard InChI is InChI=1S/C14H10N2S2.C12H6N2S2.2C11H4N2S2.C10H2N2S2.10K/c1-14(2,3)9-5-6-11-12(7-9)18-13(17-11)10(8-15)16-4;1-7-4-10-11(5-8(7)2)16-12(15-10)9(6-13)14-3;2*1-7-3-4-9-10(5-7)15-11(14-9)8(6-12)13-2;1-12-7(6-11)10-13-8-4-2-3-5-9(8)14-10;;;;;;;;;;/h5H,1-3H3;1-2H3;2*3H,1H3;2-3H;;;;;;;;;;/q5*-2;10*+1/b13-10-;;2*11-8-;;;;;;;;;;;. The Labute approximate surface area is 987 Å². The summed E-state index contributed by atoms with van der Waals surface area (Å²) in [6, 6.07) is 50.5. The minimum Gasteiger partial charge on any atom is -0.304 e. The van der Waals surface area contributed by atoms with Gasteiger partial charge in [-0.25, -0.2) is 99.5 Å². The van der Waals surface area contributed by atoms with Gasteiger partial charge in [0.05, 0.1) is 63.2 Å². The topological polar surface area (TPSA) is 141 Å². The van der Waals surface area contributed by atoms with Crippen LogP contribution in [0.2, 0.25) is 0 Å². The molecule has 0 fully saturated rings. The van der Waals surface area contributed by atoms with E-state index >= 15 is 0 Å². The van der Waals surface area contributed by atoms with Crippen LogP contribution in [0.4, 0.5) is 0 Å². The summed E-state index contributed by atoms with van der Waals surface area (Å²) < 4.78 is 3.68. The summed E-state index contributed by atoms with van der Waals surface area (Å²) in [6.07, 6.45) is 0. The van der Waals surface area contributed by atoms with E-state index in [0.717, 1.165) is 98.0 Å². The van der Waals surface area contributed by atoms with Gasteiger partial charge in [-0.05, 0) is 0 Å². The van der Waals surface area contributed by atoms with Crippen molar-refractivity contribution in [2.24, 2.45) is 0 Å². The average molecular weight is 1570 g/mol. The number of hydrogen-bond acceptors (Lipinski definition) is 15. The first kappa shape index (κ1) is 106. The van der Waals surface area contributed by atoms with Crippen LogP contribution in [0, 0.1) is 178 Å². The van der Waals surface area contributed by atoms with Crippen LogP contribution in [0.1, 0.15) is 48.6 Å². The predicted molar refractivity (Wildman–Crippen MR) is 313 cm³/mol. The molecule has 0 N–H and O–H groups in total. The number of nitriles is 5. The van der Waals surface area contributed by atoms with Crippen LogP contribution in [-0.2, 0) is 5.41 Å². The molecule has 5 aromatic carbocycles. The molecule has 5 aliphatic heterocycles. The smallest absolute Gasteiger partial charge is 0.304 e. The SMILES string of the molecule is [C-]#[N+]/C(C#N)=C1/Sc2[c-]cc(C(C)(C)C)[c-]c2S1.[C-]#[N+]/C(C#N)=C1/Sc2[c-]cc(C)[c-]c2S1.[C-]#[N+]/C(C#N)=C1/Sc2[c-]cc(C)[c-]c2S1.[C-]#[N+]C(C#N)=C1Sc2[c-]c(C)c(C)[c-]c2S1.[C-]#[N+]C(C#N)=C1Sc2[c-]cc[c-]c2S1.[K+].[K+].[K+].[K+].[K+].[K+].[K+].[K+].[K+].[K+]. The molecule has 0 aromatic heterocycles. The maximum atomic E-state index is 8.88. The van der Waals surface area contributed by atoms with Crippen molar-refractivity contribution < 1.29 is 514 Å². The molecule has 0 saturated heterocycles. The molecule has 0 spiro atoms. The fourth-order valence-corrected chi connectivity index (χ4v) is 17.1. The third-order valence-electron chi connectivity index (χ3n) is 9.58. The van der Waals surface area contributed by atoms with E-state index in [1.165, 1.54) is 118 Å². The molecule has 0 atom stereocenters. The average Bonchev–Trinajstić information content (AvgIpc) is 4.25. The Hall–Kier alpha value is 9.56. The molecule has 5 aromatic rings. The van der Waals surface area contributed by atoms with Gasteiger partial charge in [0.15, 0.2) is 0 Å². The van der Waals surface area contributed by atoms with E-state index in [1.807, 2.05) is 76.2 Å². The van der Waals surface area contributed by atoms with E-state index in [4.69, 9.17) is 59.2 Å². The summed E-state index contributed by atoms with van der Waals surface area (Å²) >= 11 is 14.3. The minimum atomic E-state index is 0. The van der Waals surface area contributed by atoms with E-state index in [9.17, 15) is 0 Å². The van der Waals surface area contributed by atoms with Gasteiger partial charge in [0.25, 0.3) is 28.5 Å². The molecule has 0 unspecified atom stereocenters. The summed E-state index contributed by atoms with van der Waals surface area (Å²) in [5, 5.41) is 43.9. The first-order chi connectivity index (χ1) is 37.4. The zero-order valence-corrected chi connectivity index (χ0v) is 90.8. The molecule has 10 nitrogen and oxygen atoms in total. The van der Waals surface area contributed by atoms with Crippen molar-refractivity contribution in [2.45, 2.75) is 103 Å². The maximum absolute atomic E-state index is 8.88. The van der Waals surface area contributed by atoms with Gasteiger partial charge in [-0.1, -0.05) is 26.2 Å². The number of fused-ring (bicyclic) bond motifs is 5. The molecular weight excluding hydrogens is 1550 g/mol. The number of hydrogen-bond donors (Lipinski definition) is 0. The van der Waals surface area contributed by atoms with Gasteiger partial charge in [0.1, 0.15) is 0 Å². The molecule has 10 rings (SSSR count). The fraction of sp³-hybridized carbons (Fsp3) is 0.138. The van der Waals surface area contributed by atoms with Crippen LogP contribution in [0.3, 0.4) is 0 Å². The van der Waals surface area contributed by atoms with Gasteiger partial charge in [-0.3, -0.25) is 58.1 Å². The van der Waals surface area contributed by atoms with Crippen molar-refractivity contribution in [1.29, 1.82) is 26.3 Å². The van der Waals surface area contributed by atoms with Gasteiger partial charge in [-0.15, -0.1) is 27.7 Å². The van der Waals surface area contributed by atoms with Crippen LogP contribution in [0.5, 0.6) is 0 Å². The number of aryl methyl sites for hydroxylation is 4. The van der Waals surface area contributed by atoms with E-state index in [2.05, 4.69) is 106 Å². The third-order valence-corrected chi connectivity index (χ3v) is 21.7. The zero-order chi connectivity index (χ0) is 56.7. The molecule has 88 heavy (non-hydrogen) atoms. The summed E-state index contributed by atoms with van der Waals surface area (Å²) in [7, 11) is 0. The Morgan fingerprint density at radius 1 is 0.341 bits per heavy atom. The first-order valence-corrected chi connectivity index (χ1v) is 29.7. The summed E-state index contributed by atoms with van der Waals surface area (Å²) in [6.45, 7) is 48.7. The molecule has 30 heteroatoms. The third kappa shape index (κ3) is 32.7. The first-order valence-electron chi connectivity index (χ1n) is 21.6. The van der Waals surface area contributed by atoms with E-state index in [-0.39, 0.29) is 548 Å². The molecule has 0 radical (unpaired) electrons. The van der Waals surface area contributed by atoms with Gasteiger partial charge in [-0.2, -0.15) is 118 Å². The fourth-order valence-electron chi connectivity index (χ4n) is 5.69. The van der Waals surface area contributed by atoms with Crippen molar-refractivity contribution in [3.8, 4) is 30.3 Å². The van der Waals surface area contributed by atoms with E-state index < -0.39 is 0 Å². The summed E-state index contributed by atoms with van der Waals surface area (Å²) in [4.78, 5) is 25.6. The Morgan fingerprint density at radius 3 is 0.795 bits per heavy atom. The molecule has 5 aliphatic rings. The van der Waals surface area contributed by atoms with Crippen LogP contribution < -0.4 is 514 Å². The molecule has 0 amide bonds. The molecule has 0 aliphatic carbocycles. The molecule has 378 valence electrons. The second-order valence-corrected chi connectivity index (χ2v) is 27.5. The molecule has 0 saturated carbocycles. The van der Waals surface area contributed by atoms with Crippen molar-refractivity contribution in [3.05, 3.63) is 226 Å². The van der Waals surface area contributed by atoms with Gasteiger partial charge in [0.2, 0.25) is 0 Å². The van der Waals surface area contributed by atoms with Crippen molar-refractivity contribution in [2.75, 3.05) is 0 Å². The maximum Gasteiger partial charge on any atom is 1.00 e. The summed E-state index contributed by atoms with van der Waals surface area (Å²) in [5.74, 6) is 0. The Balaban J connectivity index is -0.000000318. The Morgan fingerprint density at radius 2 is 0.557 bits per heavy atom. The Kier molecular flexibility index (Phi) is 67.5.